The molecule has 27 heavy (non-hydrogen) atoms. The minimum absolute atomic E-state index is 0.264. The van der Waals surface area contributed by atoms with Gasteiger partial charge in [-0.1, -0.05) is 18.2 Å². The fourth-order valence-electron chi connectivity index (χ4n) is 2.66. The molecular formula is C19H16N6O2. The summed E-state index contributed by atoms with van der Waals surface area (Å²) in [7, 11) is 1.62. The second-order valence-electron chi connectivity index (χ2n) is 5.68. The van der Waals surface area contributed by atoms with Crippen LogP contribution in [0.4, 0.5) is 5.95 Å². The average Bonchev–Trinajstić information content (AvgIpc) is 3.39. The molecule has 0 aliphatic rings. The summed E-state index contributed by atoms with van der Waals surface area (Å²) in [5, 5.41) is 13.4. The zero-order chi connectivity index (χ0) is 18.6. The number of methoxy groups -OCH3 is 1. The van der Waals surface area contributed by atoms with Crippen LogP contribution in [0.1, 0.15) is 10.5 Å². The maximum absolute atomic E-state index is 12.5. The highest BCUT2D eigenvalue weighted by molar-refractivity contribution is 6.02. The Labute approximate surface area is 154 Å². The predicted molar refractivity (Wildman–Crippen MR) is 99.9 cm³/mol. The van der Waals surface area contributed by atoms with E-state index in [-0.39, 0.29) is 17.5 Å². The van der Waals surface area contributed by atoms with Crippen molar-refractivity contribution in [2.45, 2.75) is 0 Å². The van der Waals surface area contributed by atoms with Gasteiger partial charge in [-0.05, 0) is 42.5 Å². The van der Waals surface area contributed by atoms with Crippen LogP contribution < -0.4 is 10.1 Å². The van der Waals surface area contributed by atoms with E-state index in [1.165, 1.54) is 6.33 Å². The zero-order valence-electron chi connectivity index (χ0n) is 14.5. The summed E-state index contributed by atoms with van der Waals surface area (Å²) in [6.45, 7) is 0. The lowest BCUT2D eigenvalue weighted by Crippen LogP contribution is -2.14. The molecule has 0 fully saturated rings. The molecule has 134 valence electrons. The van der Waals surface area contributed by atoms with Gasteiger partial charge in [0.25, 0.3) is 5.91 Å². The number of aromatic nitrogens is 5. The number of H-pyrrole nitrogens is 1. The van der Waals surface area contributed by atoms with Gasteiger partial charge in [0.05, 0.1) is 18.5 Å². The third-order valence-electron chi connectivity index (χ3n) is 3.98. The molecule has 2 aromatic heterocycles. The number of anilines is 1. The number of hydrogen-bond acceptors (Lipinski definition) is 5. The van der Waals surface area contributed by atoms with E-state index in [1.807, 2.05) is 54.6 Å². The van der Waals surface area contributed by atoms with Crippen molar-refractivity contribution >= 4 is 11.9 Å². The number of hydrogen-bond donors (Lipinski definition) is 2. The molecule has 8 nitrogen and oxygen atoms in total. The van der Waals surface area contributed by atoms with Gasteiger partial charge in [-0.2, -0.15) is 15.2 Å². The Morgan fingerprint density at radius 1 is 1.11 bits per heavy atom. The fourth-order valence-corrected chi connectivity index (χ4v) is 2.66. The van der Waals surface area contributed by atoms with Gasteiger partial charge < -0.3 is 4.74 Å². The van der Waals surface area contributed by atoms with E-state index in [9.17, 15) is 4.79 Å². The maximum Gasteiger partial charge on any atom is 0.278 e. The Morgan fingerprint density at radius 2 is 1.89 bits per heavy atom. The van der Waals surface area contributed by atoms with Crippen molar-refractivity contribution < 1.29 is 9.53 Å². The molecule has 4 aromatic rings. The number of carbonyl (C=O) groups excluding carboxylic acids is 1. The van der Waals surface area contributed by atoms with Crippen molar-refractivity contribution in [2.24, 2.45) is 0 Å². The number of para-hydroxylation sites is 1. The van der Waals surface area contributed by atoms with Crippen molar-refractivity contribution in [1.29, 1.82) is 0 Å². The normalized spacial score (nSPS) is 10.6. The maximum atomic E-state index is 12.5. The molecule has 0 atom stereocenters. The first-order valence-corrected chi connectivity index (χ1v) is 8.21. The molecule has 2 heterocycles. The molecule has 0 spiro atoms. The lowest BCUT2D eigenvalue weighted by Gasteiger charge is -2.08. The molecule has 0 saturated carbocycles. The van der Waals surface area contributed by atoms with E-state index in [0.717, 1.165) is 22.7 Å². The summed E-state index contributed by atoms with van der Waals surface area (Å²) in [5.74, 6) is 0.643. The van der Waals surface area contributed by atoms with Crippen LogP contribution >= 0.6 is 0 Å². The number of nitrogens with one attached hydrogen (secondary N) is 2. The van der Waals surface area contributed by atoms with Crippen molar-refractivity contribution in [3.05, 3.63) is 72.7 Å². The molecule has 2 aromatic carbocycles. The van der Waals surface area contributed by atoms with Crippen LogP contribution in [0.5, 0.6) is 5.75 Å². The molecule has 4 rings (SSSR count). The Kier molecular flexibility index (Phi) is 4.36. The highest BCUT2D eigenvalue weighted by atomic mass is 16.5. The fraction of sp³-hybridized carbons (Fsp3) is 0.0526. The van der Waals surface area contributed by atoms with Gasteiger partial charge in [-0.25, -0.2) is 9.78 Å². The van der Waals surface area contributed by atoms with Crippen LogP contribution in [0.25, 0.3) is 16.9 Å². The SMILES string of the molecule is COc1ccc(-c2cc(C(=O)Nc3ncn[nH]3)nn2-c2ccccc2)cc1. The number of benzene rings is 2. The molecule has 0 saturated heterocycles. The third-order valence-corrected chi connectivity index (χ3v) is 3.98. The van der Waals surface area contributed by atoms with Gasteiger partial charge in [-0.15, -0.1) is 0 Å². The van der Waals surface area contributed by atoms with Gasteiger partial charge >= 0.3 is 0 Å². The summed E-state index contributed by atoms with van der Waals surface area (Å²) in [5.41, 5.74) is 2.81. The van der Waals surface area contributed by atoms with E-state index in [0.29, 0.717) is 0 Å². The summed E-state index contributed by atoms with van der Waals surface area (Å²) in [4.78, 5) is 16.4. The Hall–Kier alpha value is -3.94. The minimum Gasteiger partial charge on any atom is -0.497 e. The van der Waals surface area contributed by atoms with E-state index in [4.69, 9.17) is 4.74 Å². The molecule has 0 aliphatic carbocycles. The first kappa shape index (κ1) is 16.5. The summed E-state index contributed by atoms with van der Waals surface area (Å²) >= 11 is 0. The van der Waals surface area contributed by atoms with Crippen LogP contribution in [0, 0.1) is 0 Å². The topological polar surface area (TPSA) is 97.7 Å². The molecule has 0 bridgehead atoms. The first-order chi connectivity index (χ1) is 13.2. The first-order valence-electron chi connectivity index (χ1n) is 8.21. The molecule has 2 N–H and O–H groups in total. The largest absolute Gasteiger partial charge is 0.497 e. The number of ether oxygens (including phenoxy) is 1. The average molecular weight is 360 g/mol. The number of aromatic amines is 1. The van der Waals surface area contributed by atoms with Gasteiger partial charge in [0.2, 0.25) is 5.95 Å². The Bertz CT molecular complexity index is 1040. The second-order valence-corrected chi connectivity index (χ2v) is 5.68. The van der Waals surface area contributed by atoms with Crippen molar-refractivity contribution in [1.82, 2.24) is 25.0 Å². The summed E-state index contributed by atoms with van der Waals surface area (Å²) in [6.07, 6.45) is 1.32. The smallest absolute Gasteiger partial charge is 0.278 e. The minimum atomic E-state index is -0.379. The van der Waals surface area contributed by atoms with Crippen LogP contribution in [0.15, 0.2) is 67.0 Å². The molecule has 0 aliphatic heterocycles. The third kappa shape index (κ3) is 3.40. The predicted octanol–water partition coefficient (Wildman–Crippen LogP) is 2.92. The van der Waals surface area contributed by atoms with Gasteiger partial charge in [-0.3, -0.25) is 10.1 Å². The summed E-state index contributed by atoms with van der Waals surface area (Å²) < 4.78 is 6.95. The van der Waals surface area contributed by atoms with Crippen molar-refractivity contribution in [2.75, 3.05) is 12.4 Å². The van der Waals surface area contributed by atoms with Crippen molar-refractivity contribution in [3.8, 4) is 22.7 Å². The van der Waals surface area contributed by atoms with E-state index in [1.54, 1.807) is 17.9 Å². The van der Waals surface area contributed by atoms with Crippen molar-refractivity contribution in [3.63, 3.8) is 0 Å². The lowest BCUT2D eigenvalue weighted by atomic mass is 10.1. The standard InChI is InChI=1S/C19H16N6O2/c1-27-15-9-7-13(8-10-15)17-11-16(18(26)22-19-20-12-21-23-19)24-25(17)14-5-3-2-4-6-14/h2-12H,1H3,(H2,20,21,22,23,26). The van der Waals surface area contributed by atoms with Crippen LogP contribution in [-0.4, -0.2) is 38.0 Å². The van der Waals surface area contributed by atoms with Crippen LogP contribution in [0.3, 0.4) is 0 Å². The number of rotatable bonds is 5. The van der Waals surface area contributed by atoms with Gasteiger partial charge in [0.15, 0.2) is 5.69 Å². The van der Waals surface area contributed by atoms with E-state index >= 15 is 0 Å². The van der Waals surface area contributed by atoms with Crippen LogP contribution in [0.2, 0.25) is 0 Å². The number of nitrogens with zero attached hydrogens (tertiary/aromatic N) is 4. The molecule has 0 unspecified atom stereocenters. The molecular weight excluding hydrogens is 344 g/mol. The monoisotopic (exact) mass is 360 g/mol. The highest BCUT2D eigenvalue weighted by Gasteiger charge is 2.17. The van der Waals surface area contributed by atoms with E-state index < -0.39 is 0 Å². The molecule has 1 amide bonds. The highest BCUT2D eigenvalue weighted by Crippen LogP contribution is 2.26. The number of carbonyl (C=O) groups is 1. The van der Waals surface area contributed by atoms with Gasteiger partial charge in [0.1, 0.15) is 12.1 Å². The quantitative estimate of drug-likeness (QED) is 0.570. The van der Waals surface area contributed by atoms with E-state index in [2.05, 4.69) is 25.6 Å². The lowest BCUT2D eigenvalue weighted by molar-refractivity contribution is 0.102. The van der Waals surface area contributed by atoms with Crippen LogP contribution in [-0.2, 0) is 0 Å². The molecule has 0 radical (unpaired) electrons. The number of amides is 1. The van der Waals surface area contributed by atoms with Gasteiger partial charge in [0, 0.05) is 5.56 Å². The second kappa shape index (κ2) is 7.12. The Morgan fingerprint density at radius 3 is 2.56 bits per heavy atom. The zero-order valence-corrected chi connectivity index (χ0v) is 14.5. The Balaban J connectivity index is 1.76. The summed E-state index contributed by atoms with van der Waals surface area (Å²) in [6, 6.07) is 18.9. The molecule has 8 heteroatoms.